The van der Waals surface area contributed by atoms with Crippen LogP contribution in [0.1, 0.15) is 15.2 Å². The van der Waals surface area contributed by atoms with Crippen molar-refractivity contribution in [2.24, 2.45) is 0 Å². The van der Waals surface area contributed by atoms with E-state index in [1.807, 2.05) is 0 Å². The number of aryl methyl sites for hydroxylation is 1. The van der Waals surface area contributed by atoms with Crippen LogP contribution in [0.4, 0.5) is 10.1 Å². The minimum Gasteiger partial charge on any atom is -0.342 e. The highest BCUT2D eigenvalue weighted by Crippen LogP contribution is 2.13. The van der Waals surface area contributed by atoms with Gasteiger partial charge in [0.1, 0.15) is 5.82 Å². The van der Waals surface area contributed by atoms with E-state index in [0.717, 1.165) is 0 Å². The number of nitrogens with one attached hydrogen (secondary N) is 2. The lowest BCUT2D eigenvalue weighted by atomic mass is 10.2. The van der Waals surface area contributed by atoms with Crippen molar-refractivity contribution in [1.82, 2.24) is 5.32 Å². The molecule has 0 aliphatic rings. The third-order valence-corrected chi connectivity index (χ3v) is 3.48. The van der Waals surface area contributed by atoms with Gasteiger partial charge in [-0.1, -0.05) is 12.1 Å². The quantitative estimate of drug-likeness (QED) is 0.910. The number of thiophene rings is 1. The van der Waals surface area contributed by atoms with Gasteiger partial charge in [0, 0.05) is 5.69 Å². The number of rotatable bonds is 4. The Bertz CT molecular complexity index is 626. The van der Waals surface area contributed by atoms with Crippen LogP contribution in [0.2, 0.25) is 0 Å². The Morgan fingerprint density at radius 3 is 2.75 bits per heavy atom. The predicted molar refractivity (Wildman–Crippen MR) is 76.4 cm³/mol. The fraction of sp³-hybridized carbons (Fsp3) is 0.143. The summed E-state index contributed by atoms with van der Waals surface area (Å²) in [6.45, 7) is 1.48. The van der Waals surface area contributed by atoms with Crippen LogP contribution >= 0.6 is 11.3 Å². The van der Waals surface area contributed by atoms with Gasteiger partial charge in [-0.3, -0.25) is 9.59 Å². The molecule has 20 heavy (non-hydrogen) atoms. The van der Waals surface area contributed by atoms with Crippen LogP contribution in [-0.2, 0) is 4.79 Å². The maximum atomic E-state index is 13.3. The van der Waals surface area contributed by atoms with Crippen LogP contribution in [0, 0.1) is 12.7 Å². The summed E-state index contributed by atoms with van der Waals surface area (Å²) < 4.78 is 13.3. The second-order valence-corrected chi connectivity index (χ2v) is 5.12. The Morgan fingerprint density at radius 2 is 2.10 bits per heavy atom. The first-order valence-corrected chi connectivity index (χ1v) is 6.82. The first-order chi connectivity index (χ1) is 9.56. The average Bonchev–Trinajstić information content (AvgIpc) is 2.94. The Labute approximate surface area is 119 Å². The topological polar surface area (TPSA) is 58.2 Å². The molecule has 2 amide bonds. The van der Waals surface area contributed by atoms with E-state index in [2.05, 4.69) is 10.6 Å². The van der Waals surface area contributed by atoms with Gasteiger partial charge in [0.15, 0.2) is 0 Å². The molecule has 6 heteroatoms. The highest BCUT2D eigenvalue weighted by Gasteiger charge is 2.09. The van der Waals surface area contributed by atoms with Crippen molar-refractivity contribution in [2.75, 3.05) is 11.9 Å². The number of hydrogen-bond acceptors (Lipinski definition) is 3. The molecule has 1 aromatic carbocycles. The summed E-state index contributed by atoms with van der Waals surface area (Å²) in [7, 11) is 0. The summed E-state index contributed by atoms with van der Waals surface area (Å²) >= 11 is 1.30. The summed E-state index contributed by atoms with van der Waals surface area (Å²) in [6, 6.07) is 7.86. The molecule has 0 bridgehead atoms. The summed E-state index contributed by atoms with van der Waals surface area (Å²) in [5, 5.41) is 6.80. The molecular formula is C14H13FN2O2S. The smallest absolute Gasteiger partial charge is 0.261 e. The Morgan fingerprint density at radius 1 is 1.30 bits per heavy atom. The summed E-state index contributed by atoms with van der Waals surface area (Å²) in [5.41, 5.74) is 0.873. The number of hydrogen-bond donors (Lipinski definition) is 2. The number of carbonyl (C=O) groups is 2. The molecule has 2 aromatic rings. The molecule has 1 heterocycles. The average molecular weight is 292 g/mol. The number of benzene rings is 1. The van der Waals surface area contributed by atoms with Gasteiger partial charge < -0.3 is 10.6 Å². The van der Waals surface area contributed by atoms with Crippen LogP contribution in [0.15, 0.2) is 35.7 Å². The molecule has 0 unspecified atom stereocenters. The Balaban J connectivity index is 1.86. The van der Waals surface area contributed by atoms with Gasteiger partial charge in [-0.25, -0.2) is 4.39 Å². The lowest BCUT2D eigenvalue weighted by Crippen LogP contribution is -2.32. The predicted octanol–water partition coefficient (Wildman–Crippen LogP) is 2.56. The van der Waals surface area contributed by atoms with E-state index in [9.17, 15) is 14.0 Å². The normalized spacial score (nSPS) is 10.1. The van der Waals surface area contributed by atoms with E-state index in [1.165, 1.54) is 17.4 Å². The molecule has 4 nitrogen and oxygen atoms in total. The standard InChI is InChI=1S/C14H13FN2O2S/c1-9-4-5-10(7-11(9)15)17-13(18)8-16-14(19)12-3-2-6-20-12/h2-7H,8H2,1H3,(H,16,19)(H,17,18). The lowest BCUT2D eigenvalue weighted by molar-refractivity contribution is -0.115. The molecule has 0 aliphatic heterocycles. The van der Waals surface area contributed by atoms with E-state index in [1.54, 1.807) is 36.6 Å². The zero-order chi connectivity index (χ0) is 14.5. The van der Waals surface area contributed by atoms with E-state index >= 15 is 0 Å². The number of halogens is 1. The van der Waals surface area contributed by atoms with Gasteiger partial charge in [-0.2, -0.15) is 0 Å². The van der Waals surface area contributed by atoms with E-state index in [-0.39, 0.29) is 18.3 Å². The molecular weight excluding hydrogens is 279 g/mol. The van der Waals surface area contributed by atoms with Crippen molar-refractivity contribution in [2.45, 2.75) is 6.92 Å². The molecule has 0 saturated heterocycles. The monoisotopic (exact) mass is 292 g/mol. The fourth-order valence-corrected chi connectivity index (χ4v) is 2.17. The van der Waals surface area contributed by atoms with Crippen LogP contribution in [0.3, 0.4) is 0 Å². The lowest BCUT2D eigenvalue weighted by Gasteiger charge is -2.07. The number of amides is 2. The second kappa shape index (κ2) is 6.29. The summed E-state index contributed by atoms with van der Waals surface area (Å²) in [5.74, 6) is -1.09. The number of carbonyl (C=O) groups excluding carboxylic acids is 2. The second-order valence-electron chi connectivity index (χ2n) is 4.17. The van der Waals surface area contributed by atoms with Crippen LogP contribution < -0.4 is 10.6 Å². The molecule has 0 atom stereocenters. The van der Waals surface area contributed by atoms with Crippen molar-refractivity contribution in [1.29, 1.82) is 0 Å². The van der Waals surface area contributed by atoms with Crippen molar-refractivity contribution >= 4 is 28.8 Å². The van der Waals surface area contributed by atoms with Gasteiger partial charge in [0.25, 0.3) is 5.91 Å². The molecule has 0 fully saturated rings. The highest BCUT2D eigenvalue weighted by atomic mass is 32.1. The largest absolute Gasteiger partial charge is 0.342 e. The highest BCUT2D eigenvalue weighted by molar-refractivity contribution is 7.12. The van der Waals surface area contributed by atoms with Gasteiger partial charge >= 0.3 is 0 Å². The summed E-state index contributed by atoms with van der Waals surface area (Å²) in [4.78, 5) is 23.8. The fourth-order valence-electron chi connectivity index (χ4n) is 1.53. The molecule has 0 saturated carbocycles. The van der Waals surface area contributed by atoms with E-state index < -0.39 is 5.91 Å². The minimum atomic E-state index is -0.404. The van der Waals surface area contributed by atoms with Gasteiger partial charge in [0.2, 0.25) is 5.91 Å². The van der Waals surface area contributed by atoms with Crippen molar-refractivity contribution in [3.8, 4) is 0 Å². The third kappa shape index (κ3) is 3.64. The van der Waals surface area contributed by atoms with Crippen molar-refractivity contribution < 1.29 is 14.0 Å². The number of anilines is 1. The Kier molecular flexibility index (Phi) is 4.47. The molecule has 1 aromatic heterocycles. The maximum Gasteiger partial charge on any atom is 0.261 e. The third-order valence-electron chi connectivity index (χ3n) is 2.61. The van der Waals surface area contributed by atoms with Crippen LogP contribution in [-0.4, -0.2) is 18.4 Å². The molecule has 104 valence electrons. The first-order valence-electron chi connectivity index (χ1n) is 5.94. The zero-order valence-electron chi connectivity index (χ0n) is 10.8. The zero-order valence-corrected chi connectivity index (χ0v) is 11.6. The minimum absolute atomic E-state index is 0.160. The maximum absolute atomic E-state index is 13.3. The Hall–Kier alpha value is -2.21. The van der Waals surface area contributed by atoms with E-state index in [0.29, 0.717) is 16.1 Å². The molecule has 0 radical (unpaired) electrons. The first kappa shape index (κ1) is 14.2. The van der Waals surface area contributed by atoms with Gasteiger partial charge in [-0.15, -0.1) is 11.3 Å². The molecule has 2 rings (SSSR count). The van der Waals surface area contributed by atoms with Crippen LogP contribution in [0.25, 0.3) is 0 Å². The molecule has 2 N–H and O–H groups in total. The van der Waals surface area contributed by atoms with Crippen molar-refractivity contribution in [3.63, 3.8) is 0 Å². The van der Waals surface area contributed by atoms with E-state index in [4.69, 9.17) is 0 Å². The SMILES string of the molecule is Cc1ccc(NC(=O)CNC(=O)c2cccs2)cc1F. The van der Waals surface area contributed by atoms with Gasteiger partial charge in [0.05, 0.1) is 11.4 Å². The van der Waals surface area contributed by atoms with Crippen LogP contribution in [0.5, 0.6) is 0 Å². The molecule has 0 aliphatic carbocycles. The summed E-state index contributed by atoms with van der Waals surface area (Å²) in [6.07, 6.45) is 0. The van der Waals surface area contributed by atoms with Gasteiger partial charge in [-0.05, 0) is 36.1 Å². The van der Waals surface area contributed by atoms with Crippen molar-refractivity contribution in [3.05, 3.63) is 52.0 Å². The molecule has 0 spiro atoms.